The number of rotatable bonds is 3. The third kappa shape index (κ3) is 3.49. The number of hydrogen-bond acceptors (Lipinski definition) is 1. The fourth-order valence-electron chi connectivity index (χ4n) is 1.96. The molecule has 0 heterocycles. The second-order valence-corrected chi connectivity index (χ2v) is 4.53. The Morgan fingerprint density at radius 2 is 1.24 bits per heavy atom. The van der Waals surface area contributed by atoms with Crippen molar-refractivity contribution in [2.24, 2.45) is 0 Å². The van der Waals surface area contributed by atoms with Crippen molar-refractivity contribution in [3.05, 3.63) is 52.8 Å². The molecule has 0 saturated carbocycles. The quantitative estimate of drug-likeness (QED) is 0.380. The van der Waals surface area contributed by atoms with Gasteiger partial charge in [0.2, 0.25) is 5.82 Å². The predicted molar refractivity (Wildman–Crippen MR) is 63.3 cm³/mol. The Morgan fingerprint density at radius 1 is 0.760 bits per heavy atom. The first-order chi connectivity index (χ1) is 11.4. The number of halogens is 10. The lowest BCUT2D eigenvalue weighted by Gasteiger charge is -2.15. The van der Waals surface area contributed by atoms with Gasteiger partial charge in [-0.05, 0) is 17.7 Å². The lowest BCUT2D eigenvalue weighted by molar-refractivity contribution is -0.141. The first kappa shape index (κ1) is 18.9. The maximum absolute atomic E-state index is 13.7. The summed E-state index contributed by atoms with van der Waals surface area (Å²) >= 11 is 0. The molecule has 0 unspecified atom stereocenters. The smallest absolute Gasteiger partial charge is 0.419 e. The van der Waals surface area contributed by atoms with E-state index in [1.54, 1.807) is 0 Å². The molecule has 2 rings (SSSR count). The van der Waals surface area contributed by atoms with Gasteiger partial charge in [-0.25, -0.2) is 22.0 Å². The van der Waals surface area contributed by atoms with Crippen LogP contribution in [0.25, 0.3) is 11.1 Å². The van der Waals surface area contributed by atoms with Crippen molar-refractivity contribution in [1.29, 1.82) is 0 Å². The molecule has 11 heteroatoms. The van der Waals surface area contributed by atoms with Crippen LogP contribution in [0.5, 0.6) is 5.75 Å². The summed E-state index contributed by atoms with van der Waals surface area (Å²) < 4.78 is 133. The Kier molecular flexibility index (Phi) is 4.87. The van der Waals surface area contributed by atoms with Gasteiger partial charge in [-0.2, -0.15) is 22.0 Å². The minimum absolute atomic E-state index is 0.104. The highest BCUT2D eigenvalue weighted by molar-refractivity contribution is 5.68. The topological polar surface area (TPSA) is 9.23 Å². The first-order valence-electron chi connectivity index (χ1n) is 6.13. The third-order valence-electron chi connectivity index (χ3n) is 3.00. The molecule has 2 aromatic rings. The van der Waals surface area contributed by atoms with E-state index in [4.69, 9.17) is 0 Å². The van der Waals surface area contributed by atoms with Crippen molar-refractivity contribution in [3.8, 4) is 16.9 Å². The largest absolute Gasteiger partial charge is 0.434 e. The summed E-state index contributed by atoms with van der Waals surface area (Å²) in [6, 6.07) is 0.581. The van der Waals surface area contributed by atoms with Crippen molar-refractivity contribution < 1.29 is 48.6 Å². The molecule has 25 heavy (non-hydrogen) atoms. The summed E-state index contributed by atoms with van der Waals surface area (Å²) in [5.41, 5.74) is -4.28. The molecule has 0 aromatic heterocycles. The van der Waals surface area contributed by atoms with Crippen LogP contribution >= 0.6 is 0 Å². The Labute approximate surface area is 132 Å². The molecule has 0 aliphatic rings. The highest BCUT2D eigenvalue weighted by Crippen LogP contribution is 2.40. The second-order valence-electron chi connectivity index (χ2n) is 4.53. The van der Waals surface area contributed by atoms with Crippen molar-refractivity contribution >= 4 is 0 Å². The Morgan fingerprint density at radius 3 is 1.68 bits per heavy atom. The van der Waals surface area contributed by atoms with Gasteiger partial charge in [-0.15, -0.1) is 0 Å². The van der Waals surface area contributed by atoms with Crippen LogP contribution in [0.3, 0.4) is 0 Å². The van der Waals surface area contributed by atoms with Crippen LogP contribution < -0.4 is 4.74 Å². The zero-order valence-corrected chi connectivity index (χ0v) is 11.5. The van der Waals surface area contributed by atoms with Gasteiger partial charge >= 0.3 is 12.8 Å². The van der Waals surface area contributed by atoms with Gasteiger partial charge < -0.3 is 4.74 Å². The molecule has 0 fully saturated rings. The highest BCUT2D eigenvalue weighted by Gasteiger charge is 2.36. The lowest BCUT2D eigenvalue weighted by atomic mass is 10.0. The highest BCUT2D eigenvalue weighted by atomic mass is 19.4. The van der Waals surface area contributed by atoms with E-state index in [1.165, 1.54) is 0 Å². The van der Waals surface area contributed by atoms with Crippen LogP contribution in [0.1, 0.15) is 5.56 Å². The molecular weight excluding hydrogens is 374 g/mol. The standard InChI is InChI=1S/C14H4F10O/c15-8-7(9(16)11(18)12(19)10(8)17)4-1-2-5(14(22,23)24)6(3-4)25-13(20)21/h1-3,13H. The Hall–Kier alpha value is -2.46. The average Bonchev–Trinajstić information content (AvgIpc) is 2.49. The van der Waals surface area contributed by atoms with E-state index in [1.807, 2.05) is 0 Å². The van der Waals surface area contributed by atoms with Crippen LogP contribution in [-0.2, 0) is 6.18 Å². The minimum Gasteiger partial charge on any atom is -0.434 e. The van der Waals surface area contributed by atoms with Crippen LogP contribution in [0.15, 0.2) is 18.2 Å². The van der Waals surface area contributed by atoms with E-state index >= 15 is 0 Å². The van der Waals surface area contributed by atoms with Gasteiger partial charge in [-0.1, -0.05) is 6.07 Å². The molecule has 0 radical (unpaired) electrons. The average molecular weight is 378 g/mol. The molecule has 0 bridgehead atoms. The molecule has 0 aliphatic heterocycles. The zero-order valence-electron chi connectivity index (χ0n) is 11.5. The maximum atomic E-state index is 13.7. The molecular formula is C14H4F10O. The fraction of sp³-hybridized carbons (Fsp3) is 0.143. The van der Waals surface area contributed by atoms with Gasteiger partial charge in [0.15, 0.2) is 23.3 Å². The number of hydrogen-bond donors (Lipinski definition) is 0. The van der Waals surface area contributed by atoms with Crippen molar-refractivity contribution in [2.75, 3.05) is 0 Å². The van der Waals surface area contributed by atoms with Crippen molar-refractivity contribution in [1.82, 2.24) is 0 Å². The van der Waals surface area contributed by atoms with Crippen LogP contribution in [0.4, 0.5) is 43.9 Å². The first-order valence-corrected chi connectivity index (χ1v) is 6.13. The molecule has 136 valence electrons. The van der Waals surface area contributed by atoms with Crippen LogP contribution in [0.2, 0.25) is 0 Å². The summed E-state index contributed by atoms with van der Waals surface area (Å²) in [6.45, 7) is -3.73. The summed E-state index contributed by atoms with van der Waals surface area (Å²) in [5.74, 6) is -13.4. The van der Waals surface area contributed by atoms with Crippen molar-refractivity contribution in [3.63, 3.8) is 0 Å². The lowest BCUT2D eigenvalue weighted by Crippen LogP contribution is -2.12. The fourth-order valence-corrected chi connectivity index (χ4v) is 1.96. The molecule has 1 nitrogen and oxygen atoms in total. The van der Waals surface area contributed by atoms with E-state index in [9.17, 15) is 43.9 Å². The molecule has 0 atom stereocenters. The van der Waals surface area contributed by atoms with E-state index in [2.05, 4.69) is 4.74 Å². The molecule has 0 spiro atoms. The SMILES string of the molecule is Fc1c(F)c(F)c(-c2ccc(C(F)(F)F)c(OC(F)F)c2)c(F)c1F. The van der Waals surface area contributed by atoms with Gasteiger partial charge in [0, 0.05) is 0 Å². The van der Waals surface area contributed by atoms with E-state index < -0.39 is 64.3 Å². The summed E-state index contributed by atoms with van der Waals surface area (Å²) in [5, 5.41) is 0. The molecule has 2 aromatic carbocycles. The summed E-state index contributed by atoms with van der Waals surface area (Å²) in [4.78, 5) is 0. The van der Waals surface area contributed by atoms with Crippen molar-refractivity contribution in [2.45, 2.75) is 12.8 Å². The molecule has 0 amide bonds. The zero-order chi connectivity index (χ0) is 19.1. The second kappa shape index (κ2) is 6.45. The van der Waals surface area contributed by atoms with E-state index in [0.717, 1.165) is 0 Å². The molecule has 0 saturated heterocycles. The minimum atomic E-state index is -5.17. The van der Waals surface area contributed by atoms with Gasteiger partial charge in [-0.3, -0.25) is 0 Å². The summed E-state index contributed by atoms with van der Waals surface area (Å²) in [6.07, 6.45) is -5.17. The van der Waals surface area contributed by atoms with Gasteiger partial charge in [0.05, 0.1) is 11.1 Å². The number of alkyl halides is 5. The Balaban J connectivity index is 2.74. The monoisotopic (exact) mass is 378 g/mol. The molecule has 0 N–H and O–H groups in total. The van der Waals surface area contributed by atoms with Crippen LogP contribution in [-0.4, -0.2) is 6.61 Å². The van der Waals surface area contributed by atoms with E-state index in [0.29, 0.717) is 6.07 Å². The number of ether oxygens (including phenoxy) is 1. The maximum Gasteiger partial charge on any atom is 0.419 e. The normalized spacial score (nSPS) is 12.0. The van der Waals surface area contributed by atoms with Gasteiger partial charge in [0.1, 0.15) is 5.75 Å². The predicted octanol–water partition coefficient (Wildman–Crippen LogP) is 5.67. The molecule has 0 aliphatic carbocycles. The van der Waals surface area contributed by atoms with E-state index in [-0.39, 0.29) is 12.1 Å². The summed E-state index contributed by atoms with van der Waals surface area (Å²) in [7, 11) is 0. The third-order valence-corrected chi connectivity index (χ3v) is 3.00. The van der Waals surface area contributed by atoms with Gasteiger partial charge in [0.25, 0.3) is 0 Å². The Bertz CT molecular complexity index is 783. The van der Waals surface area contributed by atoms with Crippen LogP contribution in [0, 0.1) is 29.1 Å². The number of benzene rings is 2.